The van der Waals surface area contributed by atoms with E-state index in [1.54, 1.807) is 12.1 Å². The molecule has 1 unspecified atom stereocenters. The van der Waals surface area contributed by atoms with E-state index in [-0.39, 0.29) is 17.4 Å². The van der Waals surface area contributed by atoms with Crippen molar-refractivity contribution in [3.05, 3.63) is 74.9 Å². The van der Waals surface area contributed by atoms with E-state index >= 15 is 0 Å². The van der Waals surface area contributed by atoms with Gasteiger partial charge in [0.15, 0.2) is 0 Å². The van der Waals surface area contributed by atoms with Crippen molar-refractivity contribution in [2.75, 3.05) is 0 Å². The minimum atomic E-state index is -1.03. The minimum absolute atomic E-state index is 0.0268. The van der Waals surface area contributed by atoms with Gasteiger partial charge in [0, 0.05) is 4.88 Å². The van der Waals surface area contributed by atoms with Crippen LogP contribution in [0.25, 0.3) is 5.69 Å². The molecule has 4 rings (SSSR count). The number of aromatic carboxylic acids is 1. The van der Waals surface area contributed by atoms with Crippen molar-refractivity contribution < 1.29 is 14.6 Å². The number of rotatable bonds is 3. The molecule has 0 saturated carbocycles. The molecular weight excluding hydrogens is 364 g/mol. The van der Waals surface area contributed by atoms with Crippen LogP contribution in [0.2, 0.25) is 0 Å². The van der Waals surface area contributed by atoms with E-state index in [2.05, 4.69) is 11.2 Å². The van der Waals surface area contributed by atoms with Gasteiger partial charge in [-0.2, -0.15) is 10.4 Å². The Labute approximate surface area is 158 Å². The summed E-state index contributed by atoms with van der Waals surface area (Å²) in [7, 11) is 0. The highest BCUT2D eigenvalue weighted by molar-refractivity contribution is 7.10. The quantitative estimate of drug-likeness (QED) is 0.723. The van der Waals surface area contributed by atoms with Gasteiger partial charge in [-0.3, -0.25) is 0 Å². The lowest BCUT2D eigenvalue weighted by atomic mass is 9.89. The molecule has 27 heavy (non-hydrogen) atoms. The first-order chi connectivity index (χ1) is 13.0. The van der Waals surface area contributed by atoms with E-state index in [1.807, 2.05) is 24.4 Å². The topological polar surface area (TPSA) is 114 Å². The number of thiophene rings is 1. The molecule has 3 N–H and O–H groups in total. The third-order valence-corrected chi connectivity index (χ3v) is 5.34. The molecule has 0 radical (unpaired) electrons. The van der Waals surface area contributed by atoms with Gasteiger partial charge in [0.1, 0.15) is 11.6 Å². The van der Waals surface area contributed by atoms with Crippen LogP contribution in [-0.4, -0.2) is 20.9 Å². The molecule has 1 aliphatic rings. The van der Waals surface area contributed by atoms with E-state index in [9.17, 15) is 15.2 Å². The molecule has 0 fully saturated rings. The number of carboxylic acid groups (broad SMARTS) is 1. The third-order valence-electron chi connectivity index (χ3n) is 4.40. The van der Waals surface area contributed by atoms with Crippen molar-refractivity contribution in [1.29, 1.82) is 5.26 Å². The number of allylic oxidation sites excluding steroid dienone is 1. The Kier molecular flexibility index (Phi) is 3.94. The number of carboxylic acids is 1. The molecule has 1 aliphatic heterocycles. The van der Waals surface area contributed by atoms with Gasteiger partial charge in [0.25, 0.3) is 0 Å². The predicted molar refractivity (Wildman–Crippen MR) is 98.9 cm³/mol. The van der Waals surface area contributed by atoms with E-state index in [0.29, 0.717) is 22.8 Å². The summed E-state index contributed by atoms with van der Waals surface area (Å²) < 4.78 is 7.29. The summed E-state index contributed by atoms with van der Waals surface area (Å²) >= 11 is 1.52. The first kappa shape index (κ1) is 16.9. The van der Waals surface area contributed by atoms with Gasteiger partial charge < -0.3 is 15.6 Å². The molecular formula is C19H14N4O3S. The van der Waals surface area contributed by atoms with Crippen molar-refractivity contribution >= 4 is 17.3 Å². The Hall–Kier alpha value is -3.57. The largest absolute Gasteiger partial charge is 0.478 e. The van der Waals surface area contributed by atoms with Gasteiger partial charge in [0.2, 0.25) is 11.8 Å². The lowest BCUT2D eigenvalue weighted by Crippen LogP contribution is -2.21. The standard InChI is InChI=1S/C19H14N4O3S/c1-10-15-16(14-6-3-7-27-14)13(9-20)17(21)26-18(15)23(22-10)12-5-2-4-11(8-12)19(24)25/h2-8,16H,21H2,1H3,(H,24,25). The highest BCUT2D eigenvalue weighted by Gasteiger charge is 2.36. The number of nitrogens with zero attached hydrogens (tertiary/aromatic N) is 3. The zero-order chi connectivity index (χ0) is 19.1. The van der Waals surface area contributed by atoms with Crippen LogP contribution in [0.5, 0.6) is 5.88 Å². The fourth-order valence-electron chi connectivity index (χ4n) is 3.20. The summed E-state index contributed by atoms with van der Waals surface area (Å²) in [6.45, 7) is 1.83. The second kappa shape index (κ2) is 6.30. The molecule has 0 spiro atoms. The molecule has 134 valence electrons. The molecule has 0 amide bonds. The minimum Gasteiger partial charge on any atom is -0.478 e. The lowest BCUT2D eigenvalue weighted by Gasteiger charge is -2.23. The summed E-state index contributed by atoms with van der Waals surface area (Å²) in [4.78, 5) is 12.3. The maximum absolute atomic E-state index is 11.3. The summed E-state index contributed by atoms with van der Waals surface area (Å²) in [6.07, 6.45) is 0. The summed E-state index contributed by atoms with van der Waals surface area (Å²) in [5, 5.41) is 25.3. The number of ether oxygens (including phenoxy) is 1. The Morgan fingerprint density at radius 1 is 1.41 bits per heavy atom. The average Bonchev–Trinajstić information content (AvgIpc) is 3.29. The van der Waals surface area contributed by atoms with Gasteiger partial charge in [-0.1, -0.05) is 12.1 Å². The number of fused-ring (bicyclic) bond motifs is 1. The fourth-order valence-corrected chi connectivity index (χ4v) is 4.04. The van der Waals surface area contributed by atoms with E-state index in [4.69, 9.17) is 10.5 Å². The smallest absolute Gasteiger partial charge is 0.335 e. The first-order valence-corrected chi connectivity index (χ1v) is 8.93. The molecule has 8 heteroatoms. The highest BCUT2D eigenvalue weighted by Crippen LogP contribution is 2.45. The van der Waals surface area contributed by atoms with E-state index < -0.39 is 5.97 Å². The van der Waals surface area contributed by atoms with Gasteiger partial charge in [-0.15, -0.1) is 11.3 Å². The zero-order valence-electron chi connectivity index (χ0n) is 14.2. The molecule has 1 aromatic carbocycles. The Morgan fingerprint density at radius 2 is 2.22 bits per heavy atom. The van der Waals surface area contributed by atoms with Crippen LogP contribution in [0.4, 0.5) is 0 Å². The van der Waals surface area contributed by atoms with Crippen molar-refractivity contribution in [3.8, 4) is 17.6 Å². The Morgan fingerprint density at radius 3 is 2.89 bits per heavy atom. The molecule has 3 aromatic rings. The van der Waals surface area contributed by atoms with E-state index in [1.165, 1.54) is 28.2 Å². The van der Waals surface area contributed by atoms with Crippen molar-refractivity contribution in [1.82, 2.24) is 9.78 Å². The van der Waals surface area contributed by atoms with Gasteiger partial charge in [0.05, 0.1) is 28.4 Å². The number of benzene rings is 1. The van der Waals surface area contributed by atoms with Gasteiger partial charge >= 0.3 is 5.97 Å². The van der Waals surface area contributed by atoms with Crippen LogP contribution in [-0.2, 0) is 0 Å². The maximum atomic E-state index is 11.3. The number of aryl methyl sites for hydroxylation is 1. The number of aromatic nitrogens is 2. The van der Waals surface area contributed by atoms with Gasteiger partial charge in [-0.05, 0) is 36.6 Å². The zero-order valence-corrected chi connectivity index (χ0v) is 15.0. The van der Waals surface area contributed by atoms with Crippen LogP contribution in [0.3, 0.4) is 0 Å². The molecule has 0 aliphatic carbocycles. The molecule has 0 saturated heterocycles. The molecule has 0 bridgehead atoms. The Bertz CT molecular complexity index is 1120. The number of nitriles is 1. The Balaban J connectivity index is 1.94. The summed E-state index contributed by atoms with van der Waals surface area (Å²) in [5.41, 5.74) is 8.50. The monoisotopic (exact) mass is 378 g/mol. The average molecular weight is 378 g/mol. The van der Waals surface area contributed by atoms with Crippen molar-refractivity contribution in [2.45, 2.75) is 12.8 Å². The SMILES string of the molecule is Cc1nn(-c2cccc(C(=O)O)c2)c2c1C(c1cccs1)C(C#N)=C(N)O2. The second-order valence-corrected chi connectivity index (χ2v) is 6.99. The molecule has 1 atom stereocenters. The molecule has 2 aromatic heterocycles. The molecule has 7 nitrogen and oxygen atoms in total. The third kappa shape index (κ3) is 2.65. The number of hydrogen-bond acceptors (Lipinski definition) is 6. The number of carbonyl (C=O) groups is 1. The van der Waals surface area contributed by atoms with Crippen molar-refractivity contribution in [2.24, 2.45) is 5.73 Å². The van der Waals surface area contributed by atoms with Crippen LogP contribution in [0.1, 0.15) is 32.4 Å². The maximum Gasteiger partial charge on any atom is 0.335 e. The van der Waals surface area contributed by atoms with Crippen LogP contribution < -0.4 is 10.5 Å². The van der Waals surface area contributed by atoms with E-state index in [0.717, 1.165) is 10.4 Å². The molecule has 3 heterocycles. The lowest BCUT2D eigenvalue weighted by molar-refractivity contribution is 0.0697. The second-order valence-electron chi connectivity index (χ2n) is 6.01. The van der Waals surface area contributed by atoms with Crippen LogP contribution in [0.15, 0.2) is 53.2 Å². The normalized spacial score (nSPS) is 15.8. The highest BCUT2D eigenvalue weighted by atomic mass is 32.1. The van der Waals surface area contributed by atoms with Crippen molar-refractivity contribution in [3.63, 3.8) is 0 Å². The van der Waals surface area contributed by atoms with Crippen LogP contribution >= 0.6 is 11.3 Å². The first-order valence-electron chi connectivity index (χ1n) is 8.05. The number of nitrogens with two attached hydrogens (primary N) is 1. The fraction of sp³-hybridized carbons (Fsp3) is 0.105. The predicted octanol–water partition coefficient (Wildman–Crippen LogP) is 3.16. The number of hydrogen-bond donors (Lipinski definition) is 2. The summed E-state index contributed by atoms with van der Waals surface area (Å²) in [5.74, 6) is -0.975. The summed E-state index contributed by atoms with van der Waals surface area (Å²) in [6, 6.07) is 12.4. The van der Waals surface area contributed by atoms with Gasteiger partial charge in [-0.25, -0.2) is 9.48 Å². The van der Waals surface area contributed by atoms with Crippen LogP contribution in [0, 0.1) is 18.3 Å².